The molecule has 0 amide bonds. The normalized spacial score (nSPS) is 15.5. The third-order valence-electron chi connectivity index (χ3n) is 5.35. The van der Waals surface area contributed by atoms with Crippen LogP contribution in [0.4, 0.5) is 0 Å². The molecule has 4 rings (SSSR count). The third kappa shape index (κ3) is 3.93. The van der Waals surface area contributed by atoms with Crippen molar-refractivity contribution in [2.75, 3.05) is 34.4 Å². The third-order valence-corrected chi connectivity index (χ3v) is 6.21. The van der Waals surface area contributed by atoms with Crippen molar-refractivity contribution in [1.82, 2.24) is 15.1 Å². The number of hydrogen-bond acceptors (Lipinski definition) is 8. The molecule has 0 N–H and O–H groups in total. The first-order chi connectivity index (χ1) is 14.6. The van der Waals surface area contributed by atoms with Crippen molar-refractivity contribution in [3.05, 3.63) is 47.2 Å². The molecule has 0 fully saturated rings. The molecule has 1 aliphatic heterocycles. The van der Waals surface area contributed by atoms with E-state index in [2.05, 4.69) is 28.1 Å². The number of nitrogens with zero attached hydrogens (tertiary/aromatic N) is 3. The van der Waals surface area contributed by atoms with Crippen LogP contribution in [0.25, 0.3) is 16.3 Å². The van der Waals surface area contributed by atoms with Crippen molar-refractivity contribution in [2.24, 2.45) is 0 Å². The van der Waals surface area contributed by atoms with Crippen molar-refractivity contribution in [3.8, 4) is 28.0 Å². The molecule has 0 bridgehead atoms. The van der Waals surface area contributed by atoms with Gasteiger partial charge in [0.2, 0.25) is 5.89 Å². The van der Waals surface area contributed by atoms with Crippen LogP contribution >= 0.6 is 11.3 Å². The molecule has 0 aliphatic carbocycles. The van der Waals surface area contributed by atoms with E-state index < -0.39 is 0 Å². The SMILES string of the molecule is COc1cc(OC)c(C2=CCN([C@@H](C)c3nnc(-c4cccs4)o3)CC2)c(OC)c1. The van der Waals surface area contributed by atoms with E-state index in [0.29, 0.717) is 17.5 Å². The van der Waals surface area contributed by atoms with Crippen LogP contribution in [0.15, 0.2) is 40.1 Å². The molecule has 158 valence electrons. The summed E-state index contributed by atoms with van der Waals surface area (Å²) in [6, 6.07) is 7.77. The average Bonchev–Trinajstić information content (AvgIpc) is 3.49. The summed E-state index contributed by atoms with van der Waals surface area (Å²) in [5, 5.41) is 10.5. The fourth-order valence-electron chi connectivity index (χ4n) is 3.65. The molecular weight excluding hydrogens is 402 g/mol. The smallest absolute Gasteiger partial charge is 0.257 e. The molecule has 0 saturated carbocycles. The lowest BCUT2D eigenvalue weighted by Gasteiger charge is -2.30. The van der Waals surface area contributed by atoms with Crippen molar-refractivity contribution in [1.29, 1.82) is 0 Å². The molecule has 0 radical (unpaired) electrons. The lowest BCUT2D eigenvalue weighted by Crippen LogP contribution is -2.31. The zero-order chi connectivity index (χ0) is 21.1. The maximum atomic E-state index is 5.93. The largest absolute Gasteiger partial charge is 0.496 e. The second kappa shape index (κ2) is 8.89. The first-order valence-electron chi connectivity index (χ1n) is 9.75. The van der Waals surface area contributed by atoms with Crippen LogP contribution in [0.2, 0.25) is 0 Å². The highest BCUT2D eigenvalue weighted by Gasteiger charge is 2.26. The first-order valence-corrected chi connectivity index (χ1v) is 10.6. The number of hydrogen-bond donors (Lipinski definition) is 0. The van der Waals surface area contributed by atoms with E-state index in [-0.39, 0.29) is 6.04 Å². The van der Waals surface area contributed by atoms with Gasteiger partial charge in [-0.05, 0) is 30.4 Å². The minimum Gasteiger partial charge on any atom is -0.496 e. The molecule has 3 heterocycles. The highest BCUT2D eigenvalue weighted by Crippen LogP contribution is 2.41. The summed E-state index contributed by atoms with van der Waals surface area (Å²) in [4.78, 5) is 3.30. The second-order valence-electron chi connectivity index (χ2n) is 6.98. The molecule has 1 aromatic carbocycles. The van der Waals surface area contributed by atoms with E-state index in [4.69, 9.17) is 18.6 Å². The van der Waals surface area contributed by atoms with Crippen molar-refractivity contribution in [3.63, 3.8) is 0 Å². The standard InChI is InChI=1S/C22H25N3O4S/c1-14(21-23-24-22(29-21)19-6-5-11-30-19)25-9-7-15(8-10-25)20-17(27-3)12-16(26-2)13-18(20)28-4/h5-7,11-14H,8-10H2,1-4H3/t14-/m0/s1. The van der Waals surface area contributed by atoms with Gasteiger partial charge >= 0.3 is 0 Å². The van der Waals surface area contributed by atoms with Gasteiger partial charge in [0.15, 0.2) is 0 Å². The van der Waals surface area contributed by atoms with Gasteiger partial charge in [-0.1, -0.05) is 12.1 Å². The Kier molecular flexibility index (Phi) is 6.06. The topological polar surface area (TPSA) is 69.9 Å². The number of benzene rings is 1. The second-order valence-corrected chi connectivity index (χ2v) is 7.93. The quantitative estimate of drug-likeness (QED) is 0.542. The van der Waals surface area contributed by atoms with Gasteiger partial charge in [-0.2, -0.15) is 0 Å². The summed E-state index contributed by atoms with van der Waals surface area (Å²) < 4.78 is 22.5. The van der Waals surface area contributed by atoms with Crippen LogP contribution in [-0.4, -0.2) is 49.5 Å². The molecule has 0 saturated heterocycles. The van der Waals surface area contributed by atoms with Crippen molar-refractivity contribution in [2.45, 2.75) is 19.4 Å². The molecular formula is C22H25N3O4S. The number of methoxy groups -OCH3 is 3. The minimum atomic E-state index is 0.0312. The van der Waals surface area contributed by atoms with Crippen LogP contribution in [-0.2, 0) is 0 Å². The molecule has 8 heteroatoms. The lowest BCUT2D eigenvalue weighted by atomic mass is 9.96. The Morgan fingerprint density at radius 3 is 2.43 bits per heavy atom. The summed E-state index contributed by atoms with van der Waals surface area (Å²) in [5.41, 5.74) is 2.17. The zero-order valence-electron chi connectivity index (χ0n) is 17.5. The van der Waals surface area contributed by atoms with Crippen molar-refractivity contribution < 1.29 is 18.6 Å². The van der Waals surface area contributed by atoms with Gasteiger partial charge in [0.1, 0.15) is 17.2 Å². The van der Waals surface area contributed by atoms with E-state index in [1.807, 2.05) is 29.6 Å². The van der Waals surface area contributed by atoms with Gasteiger partial charge < -0.3 is 18.6 Å². The number of ether oxygens (including phenoxy) is 3. The molecule has 0 unspecified atom stereocenters. The maximum Gasteiger partial charge on any atom is 0.257 e. The monoisotopic (exact) mass is 427 g/mol. The van der Waals surface area contributed by atoms with Gasteiger partial charge in [0.05, 0.1) is 37.8 Å². The van der Waals surface area contributed by atoms with Crippen LogP contribution in [0.1, 0.15) is 30.8 Å². The van der Waals surface area contributed by atoms with E-state index in [1.165, 1.54) is 5.57 Å². The van der Waals surface area contributed by atoms with E-state index in [0.717, 1.165) is 41.4 Å². The Labute approximate surface area is 179 Å². The predicted octanol–water partition coefficient (Wildman–Crippen LogP) is 4.67. The maximum absolute atomic E-state index is 5.93. The Balaban J connectivity index is 1.53. The fourth-order valence-corrected chi connectivity index (χ4v) is 4.29. The fraction of sp³-hybridized carbons (Fsp3) is 0.364. The predicted molar refractivity (Wildman–Crippen MR) is 116 cm³/mol. The summed E-state index contributed by atoms with van der Waals surface area (Å²) in [7, 11) is 4.96. The number of thiophene rings is 1. The van der Waals surface area contributed by atoms with Gasteiger partial charge in [-0.15, -0.1) is 21.5 Å². The Morgan fingerprint density at radius 2 is 1.87 bits per heavy atom. The van der Waals surface area contributed by atoms with E-state index >= 15 is 0 Å². The highest BCUT2D eigenvalue weighted by atomic mass is 32.1. The van der Waals surface area contributed by atoms with Crippen LogP contribution in [0.5, 0.6) is 17.2 Å². The molecule has 0 spiro atoms. The van der Waals surface area contributed by atoms with Crippen molar-refractivity contribution >= 4 is 16.9 Å². The highest BCUT2D eigenvalue weighted by molar-refractivity contribution is 7.13. The van der Waals surface area contributed by atoms with Gasteiger partial charge in [0.25, 0.3) is 5.89 Å². The Hall–Kier alpha value is -2.84. The van der Waals surface area contributed by atoms with Gasteiger partial charge in [-0.3, -0.25) is 4.90 Å². The molecule has 3 aromatic rings. The zero-order valence-corrected chi connectivity index (χ0v) is 18.4. The summed E-state index contributed by atoms with van der Waals surface area (Å²) in [5.74, 6) is 3.41. The van der Waals surface area contributed by atoms with Crippen LogP contribution < -0.4 is 14.2 Å². The van der Waals surface area contributed by atoms with Crippen LogP contribution in [0, 0.1) is 0 Å². The van der Waals surface area contributed by atoms with Crippen LogP contribution in [0.3, 0.4) is 0 Å². The summed E-state index contributed by atoms with van der Waals surface area (Å²) >= 11 is 1.59. The lowest BCUT2D eigenvalue weighted by molar-refractivity contribution is 0.202. The number of aromatic nitrogens is 2. The van der Waals surface area contributed by atoms with E-state index in [9.17, 15) is 0 Å². The summed E-state index contributed by atoms with van der Waals surface area (Å²) in [6.07, 6.45) is 3.07. The average molecular weight is 428 g/mol. The Morgan fingerprint density at radius 1 is 1.10 bits per heavy atom. The first kappa shape index (κ1) is 20.4. The molecule has 7 nitrogen and oxygen atoms in total. The Bertz CT molecular complexity index is 1000. The minimum absolute atomic E-state index is 0.0312. The summed E-state index contributed by atoms with van der Waals surface area (Å²) in [6.45, 7) is 3.73. The molecule has 2 aromatic heterocycles. The molecule has 1 atom stereocenters. The van der Waals surface area contributed by atoms with Gasteiger partial charge in [0, 0.05) is 25.2 Å². The molecule has 1 aliphatic rings. The van der Waals surface area contributed by atoms with Gasteiger partial charge in [-0.25, -0.2) is 0 Å². The number of rotatable bonds is 7. The van der Waals surface area contributed by atoms with E-state index in [1.54, 1.807) is 32.7 Å². The molecule has 30 heavy (non-hydrogen) atoms.